The second kappa shape index (κ2) is 12.3. The number of aliphatic hydroxyl groups is 4. The Labute approximate surface area is 184 Å². The molecule has 1 aliphatic heterocycles. The van der Waals surface area contributed by atoms with Crippen molar-refractivity contribution in [3.05, 3.63) is 42.0 Å². The van der Waals surface area contributed by atoms with Crippen LogP contribution in [0.4, 0.5) is 4.79 Å². The molecule has 2 amide bonds. The van der Waals surface area contributed by atoms with E-state index < -0.39 is 49.3 Å². The fourth-order valence-corrected chi connectivity index (χ4v) is 2.89. The number of carbonyl (C=O) groups is 2. The van der Waals surface area contributed by atoms with Crippen molar-refractivity contribution in [1.82, 2.24) is 5.32 Å². The molecule has 0 aliphatic carbocycles. The Balaban J connectivity index is 2.20. The minimum atomic E-state index is -1.66. The van der Waals surface area contributed by atoms with Crippen LogP contribution in [0.3, 0.4) is 0 Å². The SMILES string of the molecule is C=CCOCCNC(=O)c1cc(COC(N)=O)ccc1O[C@@H]1O[C@H](CO)[C@H](O)[C@H](O)[C@H]1O. The molecule has 1 aromatic carbocycles. The van der Waals surface area contributed by atoms with Crippen LogP contribution in [-0.4, -0.2) is 89.5 Å². The van der Waals surface area contributed by atoms with E-state index in [-0.39, 0.29) is 31.1 Å². The molecular weight excluding hydrogens is 428 g/mol. The average molecular weight is 456 g/mol. The molecule has 12 heteroatoms. The molecule has 178 valence electrons. The van der Waals surface area contributed by atoms with Crippen LogP contribution >= 0.6 is 0 Å². The summed E-state index contributed by atoms with van der Waals surface area (Å²) in [7, 11) is 0. The number of hydrogen-bond donors (Lipinski definition) is 6. The van der Waals surface area contributed by atoms with E-state index in [4.69, 9.17) is 24.7 Å². The maximum absolute atomic E-state index is 12.7. The standard InChI is InChI=1S/C20H28N2O10/c1-2-6-29-7-5-22-18(27)12-8-11(10-30-20(21)28)3-4-13(12)31-19-17(26)16(25)15(24)14(9-23)32-19/h2-4,8,14-17,19,23-26H,1,5-7,9-10H2,(H2,21,28)(H,22,27)/t14-,15+,16+,17-,19-/m1/s1. The number of nitrogens with one attached hydrogen (secondary N) is 1. The van der Waals surface area contributed by atoms with E-state index in [1.165, 1.54) is 18.2 Å². The summed E-state index contributed by atoms with van der Waals surface area (Å²) in [6.07, 6.45) is -6.95. The minimum absolute atomic E-state index is 0.0104. The van der Waals surface area contributed by atoms with E-state index >= 15 is 0 Å². The normalized spacial score (nSPS) is 25.1. The first-order chi connectivity index (χ1) is 15.3. The van der Waals surface area contributed by atoms with Crippen LogP contribution in [0.2, 0.25) is 0 Å². The van der Waals surface area contributed by atoms with E-state index in [1.54, 1.807) is 6.08 Å². The zero-order chi connectivity index (χ0) is 23.7. The summed E-state index contributed by atoms with van der Waals surface area (Å²) in [6.45, 7) is 3.41. The maximum Gasteiger partial charge on any atom is 0.404 e. The number of nitrogens with two attached hydrogens (primary N) is 1. The van der Waals surface area contributed by atoms with Gasteiger partial charge in [-0.15, -0.1) is 6.58 Å². The molecule has 1 aliphatic rings. The van der Waals surface area contributed by atoms with Crippen LogP contribution in [0.25, 0.3) is 0 Å². The molecular formula is C20H28N2O10. The summed E-state index contributed by atoms with van der Waals surface area (Å²) < 4.78 is 20.9. The summed E-state index contributed by atoms with van der Waals surface area (Å²) in [5, 5.41) is 42.0. The largest absolute Gasteiger partial charge is 0.461 e. The van der Waals surface area contributed by atoms with Crippen molar-refractivity contribution in [2.45, 2.75) is 37.3 Å². The molecule has 12 nitrogen and oxygen atoms in total. The van der Waals surface area contributed by atoms with Crippen molar-refractivity contribution in [2.24, 2.45) is 5.73 Å². The van der Waals surface area contributed by atoms with Gasteiger partial charge in [0.1, 0.15) is 36.8 Å². The number of aliphatic hydroxyl groups excluding tert-OH is 4. The Hall–Kier alpha value is -2.74. The molecule has 1 aromatic rings. The lowest BCUT2D eigenvalue weighted by Crippen LogP contribution is -2.60. The molecule has 0 unspecified atom stereocenters. The fraction of sp³-hybridized carbons (Fsp3) is 0.500. The Bertz CT molecular complexity index is 788. The van der Waals surface area contributed by atoms with Crippen molar-refractivity contribution in [2.75, 3.05) is 26.4 Å². The highest BCUT2D eigenvalue weighted by Gasteiger charge is 2.45. The molecule has 0 spiro atoms. The molecule has 0 radical (unpaired) electrons. The molecule has 5 atom stereocenters. The first-order valence-electron chi connectivity index (χ1n) is 9.77. The molecule has 1 saturated heterocycles. The fourth-order valence-electron chi connectivity index (χ4n) is 2.89. The molecule has 0 bridgehead atoms. The predicted molar refractivity (Wildman–Crippen MR) is 109 cm³/mol. The quantitative estimate of drug-likeness (QED) is 0.167. The lowest BCUT2D eigenvalue weighted by molar-refractivity contribution is -0.277. The van der Waals surface area contributed by atoms with Crippen molar-refractivity contribution in [3.63, 3.8) is 0 Å². The van der Waals surface area contributed by atoms with Gasteiger partial charge >= 0.3 is 6.09 Å². The van der Waals surface area contributed by atoms with Gasteiger partial charge in [-0.1, -0.05) is 12.1 Å². The Morgan fingerprint density at radius 2 is 1.97 bits per heavy atom. The first-order valence-corrected chi connectivity index (χ1v) is 9.77. The third-order valence-electron chi connectivity index (χ3n) is 4.53. The highest BCUT2D eigenvalue weighted by atomic mass is 16.7. The van der Waals surface area contributed by atoms with Crippen molar-refractivity contribution in [3.8, 4) is 5.75 Å². The van der Waals surface area contributed by atoms with Crippen molar-refractivity contribution >= 4 is 12.0 Å². The smallest absolute Gasteiger partial charge is 0.404 e. The zero-order valence-electron chi connectivity index (χ0n) is 17.3. The second-order valence-electron chi connectivity index (χ2n) is 6.87. The van der Waals surface area contributed by atoms with Crippen LogP contribution in [-0.2, 0) is 20.8 Å². The summed E-state index contributed by atoms with van der Waals surface area (Å²) in [5.41, 5.74) is 5.41. The van der Waals surface area contributed by atoms with E-state index in [0.717, 1.165) is 0 Å². The van der Waals surface area contributed by atoms with Gasteiger partial charge in [0.2, 0.25) is 6.29 Å². The summed E-state index contributed by atoms with van der Waals surface area (Å²) in [6, 6.07) is 4.26. The highest BCUT2D eigenvalue weighted by Crippen LogP contribution is 2.27. The summed E-state index contributed by atoms with van der Waals surface area (Å²) in [5.74, 6) is -0.589. The summed E-state index contributed by atoms with van der Waals surface area (Å²) in [4.78, 5) is 23.6. The third-order valence-corrected chi connectivity index (χ3v) is 4.53. The van der Waals surface area contributed by atoms with Gasteiger partial charge in [0, 0.05) is 6.54 Å². The van der Waals surface area contributed by atoms with Gasteiger partial charge in [-0.25, -0.2) is 4.79 Å². The number of benzene rings is 1. The molecule has 0 aromatic heterocycles. The van der Waals surface area contributed by atoms with E-state index in [1.807, 2.05) is 0 Å². The van der Waals surface area contributed by atoms with E-state index in [9.17, 15) is 30.0 Å². The van der Waals surface area contributed by atoms with Gasteiger partial charge in [-0.3, -0.25) is 4.79 Å². The second-order valence-corrected chi connectivity index (χ2v) is 6.87. The first kappa shape index (κ1) is 25.5. The van der Waals surface area contributed by atoms with Crippen LogP contribution in [0, 0.1) is 0 Å². The monoisotopic (exact) mass is 456 g/mol. The van der Waals surface area contributed by atoms with Crippen LogP contribution in [0.15, 0.2) is 30.9 Å². The van der Waals surface area contributed by atoms with Crippen LogP contribution < -0.4 is 15.8 Å². The molecule has 0 saturated carbocycles. The lowest BCUT2D eigenvalue weighted by Gasteiger charge is -2.39. The highest BCUT2D eigenvalue weighted by molar-refractivity contribution is 5.97. The average Bonchev–Trinajstić information content (AvgIpc) is 2.78. The Morgan fingerprint density at radius 1 is 1.22 bits per heavy atom. The van der Waals surface area contributed by atoms with Gasteiger partial charge < -0.3 is 50.4 Å². The summed E-state index contributed by atoms with van der Waals surface area (Å²) >= 11 is 0. The molecule has 1 fully saturated rings. The van der Waals surface area contributed by atoms with Crippen molar-refractivity contribution in [1.29, 1.82) is 0 Å². The van der Waals surface area contributed by atoms with Gasteiger partial charge in [-0.2, -0.15) is 0 Å². The van der Waals surface area contributed by atoms with Crippen LogP contribution in [0.5, 0.6) is 5.75 Å². The Morgan fingerprint density at radius 3 is 2.62 bits per heavy atom. The predicted octanol–water partition coefficient (Wildman–Crippen LogP) is -1.61. The van der Waals surface area contributed by atoms with Gasteiger partial charge in [0.15, 0.2) is 0 Å². The minimum Gasteiger partial charge on any atom is -0.461 e. The van der Waals surface area contributed by atoms with Crippen molar-refractivity contribution < 1.29 is 49.0 Å². The van der Waals surface area contributed by atoms with Gasteiger partial charge in [-0.05, 0) is 17.7 Å². The van der Waals surface area contributed by atoms with E-state index in [0.29, 0.717) is 12.2 Å². The molecule has 1 heterocycles. The number of primary amides is 1. The number of carbonyl (C=O) groups excluding carboxylic acids is 2. The Kier molecular flexibility index (Phi) is 9.84. The topological polar surface area (TPSA) is 190 Å². The third kappa shape index (κ3) is 6.88. The van der Waals surface area contributed by atoms with E-state index in [2.05, 4.69) is 11.9 Å². The number of hydrogen-bond acceptors (Lipinski definition) is 10. The lowest BCUT2D eigenvalue weighted by atomic mass is 9.99. The molecule has 32 heavy (non-hydrogen) atoms. The zero-order valence-corrected chi connectivity index (χ0v) is 17.3. The molecule has 2 rings (SSSR count). The number of amides is 2. The number of rotatable bonds is 11. The maximum atomic E-state index is 12.7. The van der Waals surface area contributed by atoms with Crippen LogP contribution in [0.1, 0.15) is 15.9 Å². The number of ether oxygens (including phenoxy) is 4. The molecule has 7 N–H and O–H groups in total. The van der Waals surface area contributed by atoms with Gasteiger partial charge in [0.05, 0.1) is 25.4 Å². The van der Waals surface area contributed by atoms with Gasteiger partial charge in [0.25, 0.3) is 5.91 Å².